The average Bonchev–Trinajstić information content (AvgIpc) is 0.826. The third-order valence-corrected chi connectivity index (χ3v) is 15.8. The van der Waals surface area contributed by atoms with E-state index in [-0.39, 0.29) is 101 Å². The van der Waals surface area contributed by atoms with Crippen molar-refractivity contribution in [3.05, 3.63) is 392 Å². The summed E-state index contributed by atoms with van der Waals surface area (Å²) in [5.74, 6) is 0. The molecular formula is C90H69Ir5N5-6. The Morgan fingerprint density at radius 2 is 0.690 bits per heavy atom. The Bertz CT molecular complexity index is 4800. The maximum atomic E-state index is 4.45. The zero-order chi connectivity index (χ0) is 65.4. The second kappa shape index (κ2) is 41.7. The van der Waals surface area contributed by atoms with Crippen LogP contribution in [-0.2, 0) is 101 Å². The summed E-state index contributed by atoms with van der Waals surface area (Å²) in [6.45, 7) is 10.4. The molecule has 5 nitrogen and oxygen atoms in total. The van der Waals surface area contributed by atoms with Gasteiger partial charge in [0.1, 0.15) is 0 Å². The van der Waals surface area contributed by atoms with Crippen molar-refractivity contribution in [3.63, 3.8) is 0 Å². The second-order valence-corrected chi connectivity index (χ2v) is 22.6. The van der Waals surface area contributed by atoms with Gasteiger partial charge in [0.05, 0.1) is 0 Å². The molecule has 5 aromatic heterocycles. The maximum absolute atomic E-state index is 4.45. The van der Waals surface area contributed by atoms with Crippen molar-refractivity contribution in [1.82, 2.24) is 24.9 Å². The number of benzene rings is 10. The first kappa shape index (κ1) is 80.2. The summed E-state index contributed by atoms with van der Waals surface area (Å²) < 4.78 is 0. The molecule has 10 aromatic carbocycles. The largest absolute Gasteiger partial charge is 0.305 e. The van der Waals surface area contributed by atoms with Gasteiger partial charge in [-0.15, -0.1) is 154 Å². The van der Waals surface area contributed by atoms with Crippen LogP contribution in [0.5, 0.6) is 0 Å². The molecule has 15 rings (SSSR count). The van der Waals surface area contributed by atoms with Gasteiger partial charge in [-0.2, -0.15) is 36.4 Å². The molecule has 0 saturated carbocycles. The fraction of sp³-hybridized carbons (Fsp3) is 0.0556. The van der Waals surface area contributed by atoms with Gasteiger partial charge in [0.25, 0.3) is 0 Å². The second-order valence-electron chi connectivity index (χ2n) is 22.6. The monoisotopic (exact) mass is 2180 g/mol. The topological polar surface area (TPSA) is 64.5 Å². The molecule has 0 atom stereocenters. The van der Waals surface area contributed by atoms with Gasteiger partial charge in [-0.1, -0.05) is 192 Å². The van der Waals surface area contributed by atoms with E-state index in [0.29, 0.717) is 0 Å². The number of pyridine rings is 5. The molecule has 10 heteroatoms. The molecule has 0 aliphatic heterocycles. The summed E-state index contributed by atoms with van der Waals surface area (Å²) in [6, 6.07) is 120. The third kappa shape index (κ3) is 22.6. The van der Waals surface area contributed by atoms with Crippen LogP contribution in [0, 0.1) is 71.0 Å². The van der Waals surface area contributed by atoms with Gasteiger partial charge in [-0.3, -0.25) is 4.98 Å². The summed E-state index contributed by atoms with van der Waals surface area (Å²) >= 11 is 0. The molecule has 0 bridgehead atoms. The molecule has 0 aliphatic carbocycles. The minimum atomic E-state index is 0. The van der Waals surface area contributed by atoms with E-state index in [0.717, 1.165) is 67.4 Å². The van der Waals surface area contributed by atoms with E-state index in [9.17, 15) is 0 Å². The van der Waals surface area contributed by atoms with Gasteiger partial charge in [0.15, 0.2) is 0 Å². The third-order valence-electron chi connectivity index (χ3n) is 15.8. The first-order chi connectivity index (χ1) is 46.7. The minimum Gasteiger partial charge on any atom is -0.305 e. The molecule has 15 aromatic rings. The number of aryl methyl sites for hydroxylation is 4. The summed E-state index contributed by atoms with van der Waals surface area (Å²) in [5, 5.41) is 0. The number of aromatic nitrogens is 5. The van der Waals surface area contributed by atoms with E-state index in [4.69, 9.17) is 0 Å². The van der Waals surface area contributed by atoms with Crippen LogP contribution in [0.2, 0.25) is 0 Å². The summed E-state index contributed by atoms with van der Waals surface area (Å²) in [4.78, 5) is 22.1. The molecule has 0 fully saturated rings. The van der Waals surface area contributed by atoms with Crippen LogP contribution in [0.25, 0.3) is 112 Å². The quantitative estimate of drug-likeness (QED) is 0.128. The normalized spacial score (nSPS) is 9.85. The smallest absolute Gasteiger partial charge is 0.0317 e. The van der Waals surface area contributed by atoms with Crippen LogP contribution in [0.1, 0.15) is 27.8 Å². The van der Waals surface area contributed by atoms with Crippen LogP contribution in [0.4, 0.5) is 0 Å². The fourth-order valence-corrected chi connectivity index (χ4v) is 10.7. The summed E-state index contributed by atoms with van der Waals surface area (Å²) in [5.41, 5.74) is 28.0. The minimum absolute atomic E-state index is 0. The molecule has 0 amide bonds. The Balaban J connectivity index is 0.000000194. The molecule has 0 N–H and O–H groups in total. The number of hydrogen-bond donors (Lipinski definition) is 0. The van der Waals surface area contributed by atoms with Crippen molar-refractivity contribution >= 4 is 0 Å². The standard InChI is InChI=1S/3C18H14N.C18H13N.C18H14N.5Ir/c1-14-8-10-15(11-9-14)16-5-4-6-17(13-16)18-7-2-3-12-19-18;1-14-7-6-12-19-18(14)17-11-5-10-16(13-17)15-8-3-2-4-9-15;1-14-16(15-8-3-2-4-9-15)10-7-11-17(14)18-12-5-6-13-19-18;1-14-6-5-13-19-18(14)17-11-9-16(10-12-17)15-7-3-2-4-8-15;1-14-10-11-19-18(12-14)17-9-5-8-16(13-17)15-6-3-2-4-7-15;;;;;/h2-5,7-13H,1H3;2*2-10,12-13H,1H3;2-7,9,11-13H,1H3;2-8,10-13H,1H3;;;;;/q3*-1;-2;-1;;;;;. The first-order valence-corrected chi connectivity index (χ1v) is 31.6. The van der Waals surface area contributed by atoms with Crippen molar-refractivity contribution in [2.75, 3.05) is 0 Å². The fourth-order valence-electron chi connectivity index (χ4n) is 10.7. The van der Waals surface area contributed by atoms with Crippen molar-refractivity contribution in [3.8, 4) is 112 Å². The molecular weight excluding hydrogens is 2110 g/mol. The number of hydrogen-bond acceptors (Lipinski definition) is 5. The van der Waals surface area contributed by atoms with Crippen molar-refractivity contribution in [2.45, 2.75) is 34.6 Å². The van der Waals surface area contributed by atoms with Gasteiger partial charge >= 0.3 is 0 Å². The predicted molar refractivity (Wildman–Crippen MR) is 392 cm³/mol. The Hall–Kier alpha value is -8.80. The molecule has 100 heavy (non-hydrogen) atoms. The Labute approximate surface area is 658 Å². The number of nitrogens with zero attached hydrogens (tertiary/aromatic N) is 5. The van der Waals surface area contributed by atoms with E-state index in [1.807, 2.05) is 158 Å². The first-order valence-electron chi connectivity index (χ1n) is 31.6. The Morgan fingerprint density at radius 1 is 0.240 bits per heavy atom. The predicted octanol–water partition coefficient (Wildman–Crippen LogP) is 22.4. The van der Waals surface area contributed by atoms with Crippen molar-refractivity contribution in [1.29, 1.82) is 0 Å². The van der Waals surface area contributed by atoms with Crippen molar-refractivity contribution in [2.24, 2.45) is 0 Å². The van der Waals surface area contributed by atoms with E-state index in [1.165, 1.54) is 72.3 Å². The molecule has 5 heterocycles. The molecule has 0 aliphatic rings. The number of rotatable bonds is 10. The van der Waals surface area contributed by atoms with Crippen molar-refractivity contribution < 1.29 is 101 Å². The zero-order valence-electron chi connectivity index (χ0n) is 55.6. The average molecular weight is 2180 g/mol. The molecule has 505 valence electrons. The van der Waals surface area contributed by atoms with E-state index in [2.05, 4.69) is 266 Å². The van der Waals surface area contributed by atoms with Crippen LogP contribution in [0.15, 0.2) is 328 Å². The van der Waals surface area contributed by atoms with Gasteiger partial charge in [-0.25, -0.2) is 11.1 Å². The molecule has 0 unspecified atom stereocenters. The molecule has 5 radical (unpaired) electrons. The van der Waals surface area contributed by atoms with Crippen LogP contribution >= 0.6 is 0 Å². The van der Waals surface area contributed by atoms with Gasteiger partial charge in [0, 0.05) is 137 Å². The zero-order valence-corrected chi connectivity index (χ0v) is 67.6. The van der Waals surface area contributed by atoms with E-state index in [1.54, 1.807) is 0 Å². The van der Waals surface area contributed by atoms with E-state index < -0.39 is 0 Å². The van der Waals surface area contributed by atoms with Gasteiger partial charge in [-0.05, 0) is 109 Å². The Morgan fingerprint density at radius 3 is 1.21 bits per heavy atom. The van der Waals surface area contributed by atoms with E-state index >= 15 is 0 Å². The maximum Gasteiger partial charge on any atom is 0.0317 e. The summed E-state index contributed by atoms with van der Waals surface area (Å²) in [6.07, 6.45) is 9.11. The molecule has 0 spiro atoms. The van der Waals surface area contributed by atoms with Gasteiger partial charge < -0.3 is 19.9 Å². The Kier molecular flexibility index (Phi) is 33.4. The van der Waals surface area contributed by atoms with Crippen LogP contribution in [-0.4, -0.2) is 24.9 Å². The summed E-state index contributed by atoms with van der Waals surface area (Å²) in [7, 11) is 0. The SMILES string of the molecule is Cc1c(-c2ccccn2)[c-]ccc1-c1ccccc1.Cc1ccc(-c2cc[c-]c(-c3ccccn3)c2)cc1.Cc1cccnc1-c1[c-]ccc(-c2ccccc2)c1.Cc1cccnc1-c1c[c-]c(-c2[c-]cccc2)cc1.Cc1ccnc(-c2[c-]ccc(-c3ccccc3)c2)c1.[Ir].[Ir].[Ir].[Ir].[Ir]. The van der Waals surface area contributed by atoms with Gasteiger partial charge in [0.2, 0.25) is 0 Å². The van der Waals surface area contributed by atoms with Crippen LogP contribution in [0.3, 0.4) is 0 Å². The van der Waals surface area contributed by atoms with Crippen LogP contribution < -0.4 is 0 Å². The molecule has 0 saturated heterocycles.